The van der Waals surface area contributed by atoms with Gasteiger partial charge in [-0.3, -0.25) is 14.9 Å². The van der Waals surface area contributed by atoms with Crippen LogP contribution in [0.15, 0.2) is 65.6 Å². The summed E-state index contributed by atoms with van der Waals surface area (Å²) in [5.74, 6) is 0. The quantitative estimate of drug-likeness (QED) is 0.411. The van der Waals surface area contributed by atoms with E-state index >= 15 is 0 Å². The minimum absolute atomic E-state index is 0.00726. The summed E-state index contributed by atoms with van der Waals surface area (Å²) < 4.78 is 2.97. The van der Waals surface area contributed by atoms with Gasteiger partial charge in [0.25, 0.3) is 11.2 Å². The number of rotatable bonds is 4. The van der Waals surface area contributed by atoms with Gasteiger partial charge in [-0.1, -0.05) is 30.3 Å². The Hall–Kier alpha value is -3.81. The van der Waals surface area contributed by atoms with Crippen LogP contribution >= 0.6 is 0 Å². The molecule has 8 nitrogen and oxygen atoms in total. The minimum atomic E-state index is -0.456. The monoisotopic (exact) mass is 361 g/mol. The number of para-hydroxylation sites is 1. The van der Waals surface area contributed by atoms with Crippen molar-refractivity contribution in [3.8, 4) is 5.69 Å². The van der Waals surface area contributed by atoms with Crippen molar-refractivity contribution in [3.05, 3.63) is 92.5 Å². The van der Waals surface area contributed by atoms with Gasteiger partial charge >= 0.3 is 0 Å². The largest absolute Gasteiger partial charge is 0.293 e. The highest BCUT2D eigenvalue weighted by molar-refractivity contribution is 5.81. The number of hydrogen-bond acceptors (Lipinski definition) is 5. The molecule has 0 aliphatic rings. The van der Waals surface area contributed by atoms with Crippen molar-refractivity contribution >= 4 is 16.6 Å². The minimum Gasteiger partial charge on any atom is -0.265 e. The molecule has 2 aromatic carbocycles. The Labute approximate surface area is 153 Å². The highest BCUT2D eigenvalue weighted by Crippen LogP contribution is 2.18. The lowest BCUT2D eigenvalue weighted by Gasteiger charge is -2.08. The maximum Gasteiger partial charge on any atom is 0.293 e. The molecule has 0 bridgehead atoms. The predicted octanol–water partition coefficient (Wildman–Crippen LogP) is 2.85. The van der Waals surface area contributed by atoms with E-state index in [9.17, 15) is 14.9 Å². The van der Waals surface area contributed by atoms with Crippen molar-refractivity contribution in [2.75, 3.05) is 0 Å². The van der Waals surface area contributed by atoms with Crippen molar-refractivity contribution < 1.29 is 4.92 Å². The first-order valence-electron chi connectivity index (χ1n) is 8.29. The zero-order valence-electron chi connectivity index (χ0n) is 14.4. The Kier molecular flexibility index (Phi) is 4.00. The van der Waals surface area contributed by atoms with E-state index in [0.717, 1.165) is 11.3 Å². The fraction of sp³-hybridized carbons (Fsp3) is 0.105. The molecule has 0 radical (unpaired) electrons. The second kappa shape index (κ2) is 6.49. The van der Waals surface area contributed by atoms with Crippen LogP contribution < -0.4 is 5.56 Å². The molecule has 27 heavy (non-hydrogen) atoms. The average Bonchev–Trinajstić information content (AvgIpc) is 3.13. The molecular weight excluding hydrogens is 346 g/mol. The van der Waals surface area contributed by atoms with Crippen LogP contribution in [0.2, 0.25) is 0 Å². The number of aromatic nitrogens is 4. The first-order chi connectivity index (χ1) is 13.0. The topological polar surface area (TPSA) is 95.8 Å². The normalized spacial score (nSPS) is 11.0. The molecular formula is C19H15N5O3. The number of nitro groups is 1. The number of hydrogen-bond donors (Lipinski definition) is 0. The molecule has 0 saturated heterocycles. The van der Waals surface area contributed by atoms with Crippen LogP contribution in [0, 0.1) is 17.0 Å². The molecule has 0 unspecified atom stereocenters. The number of fused-ring (bicyclic) bond motifs is 1. The van der Waals surface area contributed by atoms with Gasteiger partial charge < -0.3 is 0 Å². The molecule has 0 saturated carbocycles. The first kappa shape index (κ1) is 16.6. The second-order valence-corrected chi connectivity index (χ2v) is 6.13. The average molecular weight is 361 g/mol. The van der Waals surface area contributed by atoms with E-state index in [4.69, 9.17) is 0 Å². The van der Waals surface area contributed by atoms with Gasteiger partial charge in [-0.05, 0) is 24.6 Å². The Bertz CT molecular complexity index is 1190. The van der Waals surface area contributed by atoms with Crippen molar-refractivity contribution in [1.82, 2.24) is 19.6 Å². The van der Waals surface area contributed by atoms with Gasteiger partial charge in [0, 0.05) is 17.5 Å². The Morgan fingerprint density at radius 1 is 1.07 bits per heavy atom. The van der Waals surface area contributed by atoms with Gasteiger partial charge in [-0.2, -0.15) is 10.2 Å². The molecule has 134 valence electrons. The van der Waals surface area contributed by atoms with Gasteiger partial charge in [-0.15, -0.1) is 0 Å². The highest BCUT2D eigenvalue weighted by Gasteiger charge is 2.15. The number of non-ortho nitro benzene ring substituents is 1. The van der Waals surface area contributed by atoms with E-state index in [-0.39, 0.29) is 17.8 Å². The first-order valence-corrected chi connectivity index (χ1v) is 8.29. The van der Waals surface area contributed by atoms with E-state index in [0.29, 0.717) is 16.6 Å². The van der Waals surface area contributed by atoms with Crippen molar-refractivity contribution in [3.63, 3.8) is 0 Å². The molecule has 0 spiro atoms. The number of nitrogens with zero attached hydrogens (tertiary/aromatic N) is 5. The molecule has 0 atom stereocenters. The van der Waals surface area contributed by atoms with Crippen LogP contribution in [-0.2, 0) is 6.54 Å². The molecule has 0 aliphatic heterocycles. The smallest absolute Gasteiger partial charge is 0.265 e. The van der Waals surface area contributed by atoms with Gasteiger partial charge in [0.1, 0.15) is 5.52 Å². The molecule has 0 aliphatic carbocycles. The maximum atomic E-state index is 13.0. The van der Waals surface area contributed by atoms with Crippen molar-refractivity contribution in [2.24, 2.45) is 0 Å². The van der Waals surface area contributed by atoms with E-state index in [1.54, 1.807) is 23.0 Å². The zero-order chi connectivity index (χ0) is 19.0. The zero-order valence-corrected chi connectivity index (χ0v) is 14.4. The standard InChI is InChI=1S/C19H15N5O3/c1-13-17-11-20-23(15-5-3-2-4-6-15)18(17)19(25)22(21-13)12-14-7-9-16(10-8-14)24(26)27/h2-11H,12H2,1H3. The third kappa shape index (κ3) is 2.97. The lowest BCUT2D eigenvalue weighted by molar-refractivity contribution is -0.384. The second-order valence-electron chi connectivity index (χ2n) is 6.13. The summed E-state index contributed by atoms with van der Waals surface area (Å²) in [6, 6.07) is 15.5. The summed E-state index contributed by atoms with van der Waals surface area (Å²) in [6.45, 7) is 2.04. The van der Waals surface area contributed by atoms with E-state index < -0.39 is 4.92 Å². The summed E-state index contributed by atoms with van der Waals surface area (Å²) in [5.41, 5.74) is 2.42. The van der Waals surface area contributed by atoms with E-state index in [1.165, 1.54) is 16.8 Å². The third-order valence-corrected chi connectivity index (χ3v) is 4.35. The van der Waals surface area contributed by atoms with Gasteiger partial charge in [0.15, 0.2) is 0 Å². The van der Waals surface area contributed by atoms with Crippen molar-refractivity contribution in [2.45, 2.75) is 13.5 Å². The molecule has 8 heteroatoms. The third-order valence-electron chi connectivity index (χ3n) is 4.35. The van der Waals surface area contributed by atoms with Crippen LogP contribution in [-0.4, -0.2) is 24.5 Å². The van der Waals surface area contributed by atoms with Gasteiger partial charge in [0.2, 0.25) is 0 Å². The maximum absolute atomic E-state index is 13.0. The molecule has 2 heterocycles. The van der Waals surface area contributed by atoms with Crippen LogP contribution in [0.4, 0.5) is 5.69 Å². The molecule has 2 aromatic heterocycles. The SMILES string of the molecule is Cc1nn(Cc2ccc([N+](=O)[O-])cc2)c(=O)c2c1cnn2-c1ccccc1. The van der Waals surface area contributed by atoms with E-state index in [1.807, 2.05) is 37.3 Å². The fourth-order valence-corrected chi connectivity index (χ4v) is 2.99. The Morgan fingerprint density at radius 3 is 2.44 bits per heavy atom. The lowest BCUT2D eigenvalue weighted by atomic mass is 10.2. The summed E-state index contributed by atoms with van der Waals surface area (Å²) in [7, 11) is 0. The predicted molar refractivity (Wildman–Crippen MR) is 100 cm³/mol. The van der Waals surface area contributed by atoms with Crippen LogP contribution in [0.5, 0.6) is 0 Å². The molecule has 0 fully saturated rings. The number of aryl methyl sites for hydroxylation is 1. The summed E-state index contributed by atoms with van der Waals surface area (Å²) in [4.78, 5) is 23.4. The summed E-state index contributed by atoms with van der Waals surface area (Å²) in [5, 5.41) is 20.2. The molecule has 0 N–H and O–H groups in total. The molecule has 0 amide bonds. The van der Waals surface area contributed by atoms with Crippen LogP contribution in [0.1, 0.15) is 11.3 Å². The van der Waals surface area contributed by atoms with Gasteiger partial charge in [-0.25, -0.2) is 9.36 Å². The summed E-state index contributed by atoms with van der Waals surface area (Å²) >= 11 is 0. The van der Waals surface area contributed by atoms with Crippen molar-refractivity contribution in [1.29, 1.82) is 0 Å². The van der Waals surface area contributed by atoms with Crippen LogP contribution in [0.25, 0.3) is 16.6 Å². The lowest BCUT2D eigenvalue weighted by Crippen LogP contribution is -2.26. The number of benzene rings is 2. The molecule has 4 aromatic rings. The fourth-order valence-electron chi connectivity index (χ4n) is 2.99. The van der Waals surface area contributed by atoms with Crippen LogP contribution in [0.3, 0.4) is 0 Å². The Balaban J connectivity index is 1.81. The molecule has 4 rings (SSSR count). The summed E-state index contributed by atoms with van der Waals surface area (Å²) in [6.07, 6.45) is 1.64. The van der Waals surface area contributed by atoms with E-state index in [2.05, 4.69) is 10.2 Å². The Morgan fingerprint density at radius 2 is 1.78 bits per heavy atom. The van der Waals surface area contributed by atoms with Gasteiger partial charge in [0.05, 0.1) is 29.0 Å². The highest BCUT2D eigenvalue weighted by atomic mass is 16.6. The number of nitro benzene ring substituents is 1.